The molecule has 0 unspecified atom stereocenters. The first-order chi connectivity index (χ1) is 10.8. The smallest absolute Gasteiger partial charge is 0.412 e. The van der Waals surface area contributed by atoms with Gasteiger partial charge in [-0.3, -0.25) is 10.3 Å². The van der Waals surface area contributed by atoms with Gasteiger partial charge in [0.05, 0.1) is 0 Å². The largest absolute Gasteiger partial charge is 0.444 e. The molecule has 0 bridgehead atoms. The maximum Gasteiger partial charge on any atom is 0.412 e. The van der Waals surface area contributed by atoms with Crippen LogP contribution in [0.4, 0.5) is 16.2 Å². The highest BCUT2D eigenvalue weighted by Gasteiger charge is 2.16. The van der Waals surface area contributed by atoms with Gasteiger partial charge in [-0.05, 0) is 57.5 Å². The van der Waals surface area contributed by atoms with E-state index in [1.165, 1.54) is 0 Å². The van der Waals surface area contributed by atoms with E-state index in [0.717, 1.165) is 16.9 Å². The molecule has 1 amide bonds. The number of hydrogen-bond donors (Lipinski definition) is 2. The molecule has 2 rings (SSSR count). The molecule has 2 aromatic rings. The second kappa shape index (κ2) is 7.13. The molecule has 122 valence electrons. The summed E-state index contributed by atoms with van der Waals surface area (Å²) in [6.45, 7) is 8.13. The van der Waals surface area contributed by atoms with E-state index in [0.29, 0.717) is 12.2 Å². The fraction of sp³-hybridized carbons (Fsp3) is 0.333. The van der Waals surface area contributed by atoms with Crippen LogP contribution in [0.5, 0.6) is 0 Å². The van der Waals surface area contributed by atoms with Crippen LogP contribution >= 0.6 is 0 Å². The second-order valence-corrected chi connectivity index (χ2v) is 6.37. The molecule has 0 atom stereocenters. The summed E-state index contributed by atoms with van der Waals surface area (Å²) < 4.78 is 5.24. The molecule has 1 aromatic carbocycles. The highest BCUT2D eigenvalue weighted by molar-refractivity contribution is 5.85. The summed E-state index contributed by atoms with van der Waals surface area (Å²) in [6.07, 6.45) is 1.39. The first-order valence-electron chi connectivity index (χ1n) is 7.57. The average molecular weight is 313 g/mol. The van der Waals surface area contributed by atoms with Gasteiger partial charge in [0.2, 0.25) is 0 Å². The molecule has 0 radical (unpaired) electrons. The van der Waals surface area contributed by atoms with E-state index in [1.807, 2.05) is 70.3 Å². The Hall–Kier alpha value is -2.56. The van der Waals surface area contributed by atoms with Crippen LogP contribution in [0.25, 0.3) is 0 Å². The number of amides is 1. The van der Waals surface area contributed by atoms with Crippen LogP contribution in [0, 0.1) is 6.92 Å². The zero-order valence-electron chi connectivity index (χ0n) is 14.0. The molecule has 1 aromatic heterocycles. The zero-order valence-corrected chi connectivity index (χ0v) is 14.0. The predicted molar refractivity (Wildman–Crippen MR) is 92.6 cm³/mol. The standard InChI is InChI=1S/C18H23N3O2/c1-13-8-9-14(11-19-13)12-20-15-6-5-7-16(10-15)21-17(22)23-18(2,3)4/h5-11,20H,12H2,1-4H3,(H,21,22). The molecule has 0 saturated heterocycles. The molecule has 0 aliphatic heterocycles. The Labute approximate surface area is 137 Å². The fourth-order valence-corrected chi connectivity index (χ4v) is 1.94. The number of anilines is 2. The summed E-state index contributed by atoms with van der Waals surface area (Å²) >= 11 is 0. The number of ether oxygens (including phenoxy) is 1. The molecule has 5 nitrogen and oxygen atoms in total. The number of carbonyl (C=O) groups excluding carboxylic acids is 1. The normalized spacial score (nSPS) is 11.0. The summed E-state index contributed by atoms with van der Waals surface area (Å²) in [7, 11) is 0. The lowest BCUT2D eigenvalue weighted by molar-refractivity contribution is 0.0636. The van der Waals surface area contributed by atoms with E-state index < -0.39 is 11.7 Å². The van der Waals surface area contributed by atoms with Gasteiger partial charge in [0.15, 0.2) is 0 Å². The lowest BCUT2D eigenvalue weighted by Gasteiger charge is -2.19. The molecule has 0 fully saturated rings. The summed E-state index contributed by atoms with van der Waals surface area (Å²) in [6, 6.07) is 11.5. The minimum Gasteiger partial charge on any atom is -0.444 e. The monoisotopic (exact) mass is 313 g/mol. The Morgan fingerprint density at radius 3 is 2.57 bits per heavy atom. The number of pyridine rings is 1. The van der Waals surface area contributed by atoms with Crippen molar-refractivity contribution in [2.45, 2.75) is 39.8 Å². The summed E-state index contributed by atoms with van der Waals surface area (Å²) in [5.41, 5.74) is 3.18. The van der Waals surface area contributed by atoms with Gasteiger partial charge in [-0.25, -0.2) is 4.79 Å². The van der Waals surface area contributed by atoms with E-state index in [9.17, 15) is 4.79 Å². The molecule has 0 aliphatic carbocycles. The number of aryl methyl sites for hydroxylation is 1. The third-order valence-corrected chi connectivity index (χ3v) is 2.98. The lowest BCUT2D eigenvalue weighted by Crippen LogP contribution is -2.27. The number of rotatable bonds is 4. The van der Waals surface area contributed by atoms with Gasteiger partial charge in [0.1, 0.15) is 5.60 Å². The number of nitrogens with zero attached hydrogens (tertiary/aromatic N) is 1. The predicted octanol–water partition coefficient (Wildman–Crippen LogP) is 4.35. The van der Waals surface area contributed by atoms with Crippen LogP contribution in [-0.4, -0.2) is 16.7 Å². The van der Waals surface area contributed by atoms with Gasteiger partial charge in [0.25, 0.3) is 0 Å². The Morgan fingerprint density at radius 2 is 1.91 bits per heavy atom. The summed E-state index contributed by atoms with van der Waals surface area (Å²) in [5.74, 6) is 0. The highest BCUT2D eigenvalue weighted by atomic mass is 16.6. The summed E-state index contributed by atoms with van der Waals surface area (Å²) in [4.78, 5) is 16.1. The van der Waals surface area contributed by atoms with Crippen molar-refractivity contribution in [1.29, 1.82) is 0 Å². The lowest BCUT2D eigenvalue weighted by atomic mass is 10.2. The van der Waals surface area contributed by atoms with Crippen molar-refractivity contribution in [3.63, 3.8) is 0 Å². The minimum absolute atomic E-state index is 0.461. The molecule has 0 saturated carbocycles. The summed E-state index contributed by atoms with van der Waals surface area (Å²) in [5, 5.41) is 6.04. The minimum atomic E-state index is -0.515. The van der Waals surface area contributed by atoms with Crippen molar-refractivity contribution in [2.24, 2.45) is 0 Å². The van der Waals surface area contributed by atoms with Gasteiger partial charge in [-0.2, -0.15) is 0 Å². The van der Waals surface area contributed by atoms with Crippen molar-refractivity contribution in [1.82, 2.24) is 4.98 Å². The van der Waals surface area contributed by atoms with Crippen molar-refractivity contribution in [3.05, 3.63) is 53.9 Å². The van der Waals surface area contributed by atoms with Crippen molar-refractivity contribution in [2.75, 3.05) is 10.6 Å². The quantitative estimate of drug-likeness (QED) is 0.881. The Kier molecular flexibility index (Phi) is 5.21. The van der Waals surface area contributed by atoms with Crippen molar-refractivity contribution in [3.8, 4) is 0 Å². The molecule has 2 N–H and O–H groups in total. The second-order valence-electron chi connectivity index (χ2n) is 6.37. The van der Waals surface area contributed by atoms with Crippen LogP contribution in [-0.2, 0) is 11.3 Å². The Balaban J connectivity index is 1.94. The third-order valence-electron chi connectivity index (χ3n) is 2.98. The van der Waals surface area contributed by atoms with Gasteiger partial charge in [-0.15, -0.1) is 0 Å². The Bertz CT molecular complexity index is 661. The van der Waals surface area contributed by atoms with E-state index in [-0.39, 0.29) is 0 Å². The van der Waals surface area contributed by atoms with E-state index in [1.54, 1.807) is 0 Å². The number of nitrogens with one attached hydrogen (secondary N) is 2. The van der Waals surface area contributed by atoms with E-state index in [4.69, 9.17) is 4.74 Å². The number of benzene rings is 1. The number of aromatic nitrogens is 1. The zero-order chi connectivity index (χ0) is 16.9. The highest BCUT2D eigenvalue weighted by Crippen LogP contribution is 2.17. The van der Waals surface area contributed by atoms with Crippen LogP contribution in [0.3, 0.4) is 0 Å². The average Bonchev–Trinajstić information content (AvgIpc) is 2.45. The first kappa shape index (κ1) is 16.8. The molecule has 0 spiro atoms. The molecule has 1 heterocycles. The third kappa shape index (κ3) is 5.98. The maximum absolute atomic E-state index is 11.8. The molecular formula is C18H23N3O2. The van der Waals surface area contributed by atoms with Gasteiger partial charge in [0, 0.05) is 29.8 Å². The van der Waals surface area contributed by atoms with E-state index >= 15 is 0 Å². The van der Waals surface area contributed by atoms with Gasteiger partial charge in [-0.1, -0.05) is 12.1 Å². The van der Waals surface area contributed by atoms with Crippen LogP contribution < -0.4 is 10.6 Å². The van der Waals surface area contributed by atoms with Crippen LogP contribution in [0.1, 0.15) is 32.0 Å². The van der Waals surface area contributed by atoms with Crippen LogP contribution in [0.2, 0.25) is 0 Å². The van der Waals surface area contributed by atoms with E-state index in [2.05, 4.69) is 15.6 Å². The van der Waals surface area contributed by atoms with Crippen molar-refractivity contribution < 1.29 is 9.53 Å². The number of carbonyl (C=O) groups is 1. The van der Waals surface area contributed by atoms with Gasteiger partial charge >= 0.3 is 6.09 Å². The number of hydrogen-bond acceptors (Lipinski definition) is 4. The molecule has 0 aliphatic rings. The van der Waals surface area contributed by atoms with Crippen LogP contribution in [0.15, 0.2) is 42.6 Å². The molecule has 23 heavy (non-hydrogen) atoms. The topological polar surface area (TPSA) is 63.2 Å². The van der Waals surface area contributed by atoms with Crippen molar-refractivity contribution >= 4 is 17.5 Å². The van der Waals surface area contributed by atoms with Gasteiger partial charge < -0.3 is 10.1 Å². The maximum atomic E-state index is 11.8. The Morgan fingerprint density at radius 1 is 1.17 bits per heavy atom. The SMILES string of the molecule is Cc1ccc(CNc2cccc(NC(=O)OC(C)(C)C)c2)cn1. The molecule has 5 heteroatoms. The molecular weight excluding hydrogens is 290 g/mol. The fourth-order valence-electron chi connectivity index (χ4n) is 1.94. The first-order valence-corrected chi connectivity index (χ1v) is 7.57.